The lowest BCUT2D eigenvalue weighted by atomic mass is 9.86. The van der Waals surface area contributed by atoms with Crippen LogP contribution in [0.2, 0.25) is 0 Å². The molecular weight excluding hydrogens is 1270 g/mol. The Morgan fingerprint density at radius 3 is 1.27 bits per heavy atom. The number of hydrogen-bond donors (Lipinski definition) is 4. The van der Waals surface area contributed by atoms with Crippen molar-refractivity contribution in [1.82, 2.24) is 39.4 Å². The number of nitrogens with two attached hydrogens (primary N) is 2. The van der Waals surface area contributed by atoms with Gasteiger partial charge in [-0.3, -0.25) is 37.8 Å². The lowest BCUT2D eigenvalue weighted by Crippen LogP contribution is -2.49. The van der Waals surface area contributed by atoms with Gasteiger partial charge in [-0.25, -0.2) is 28.1 Å². The molecule has 32 nitrogen and oxygen atoms in total. The lowest BCUT2D eigenvalue weighted by Gasteiger charge is -2.30. The van der Waals surface area contributed by atoms with Crippen LogP contribution < -0.4 is 30.7 Å². The summed E-state index contributed by atoms with van der Waals surface area (Å²) in [6, 6.07) is 24.0. The quantitative estimate of drug-likeness (QED) is 0.0272. The summed E-state index contributed by atoms with van der Waals surface area (Å²) in [4.78, 5) is 82.7. The number of nitriles is 2. The van der Waals surface area contributed by atoms with E-state index in [0.29, 0.717) is 11.0 Å². The first-order chi connectivity index (χ1) is 44.9. The van der Waals surface area contributed by atoms with Crippen molar-refractivity contribution in [3.63, 3.8) is 0 Å². The third kappa shape index (κ3) is 16.3. The number of nitrogens with one attached hydrogen (secondary N) is 2. The van der Waals surface area contributed by atoms with Crippen molar-refractivity contribution in [3.05, 3.63) is 109 Å². The standard InChI is InChI=1S/2C30H35N6O10P/c2*1-18(29(39)41-14-21-8-7-9-21)35-47(40,46-22-10-5-4-6-11-22)42-16-30(15-31)27(44-20(3)38)26(43-19(2)37)25(45-30)23-12-13-24-28(32)33-17-34-36(23)24/h2*4-6,10-13,17-18,21,25-27H,7-9,14,16H2,1-3H3,(H,35,40)(H2,32,33,34)/t18-,25-,26-,27-,30+,47+;18-,25-,26-,27-,30+,47-/m00/s1. The van der Waals surface area contributed by atoms with Gasteiger partial charge in [0.25, 0.3) is 0 Å². The summed E-state index contributed by atoms with van der Waals surface area (Å²) in [6.07, 6.45) is -0.0800. The Morgan fingerprint density at radius 1 is 0.585 bits per heavy atom. The zero-order valence-electron chi connectivity index (χ0n) is 51.9. The van der Waals surface area contributed by atoms with E-state index < -0.39 is 124 Å². The van der Waals surface area contributed by atoms with Crippen LogP contribution in [0.25, 0.3) is 11.0 Å². The highest BCUT2D eigenvalue weighted by Crippen LogP contribution is 2.52. The molecule has 0 radical (unpaired) electrons. The van der Waals surface area contributed by atoms with Crippen molar-refractivity contribution in [3.8, 4) is 23.6 Å². The van der Waals surface area contributed by atoms with Crippen LogP contribution in [0.5, 0.6) is 11.5 Å². The number of carbonyl (C=O) groups excluding carboxylic acids is 6. The van der Waals surface area contributed by atoms with Crippen LogP contribution in [0.1, 0.15) is 104 Å². The molecule has 0 bridgehead atoms. The number of ether oxygens (including phenoxy) is 8. The number of para-hydroxylation sites is 2. The minimum atomic E-state index is -4.51. The van der Waals surface area contributed by atoms with Crippen LogP contribution in [0.15, 0.2) is 97.6 Å². The van der Waals surface area contributed by atoms with E-state index in [9.17, 15) is 48.4 Å². The van der Waals surface area contributed by atoms with E-state index >= 15 is 0 Å². The maximum Gasteiger partial charge on any atom is 0.459 e. The molecule has 2 aliphatic heterocycles. The predicted molar refractivity (Wildman–Crippen MR) is 324 cm³/mol. The summed E-state index contributed by atoms with van der Waals surface area (Å²) in [7, 11) is -9.01. The molecule has 6 heterocycles. The van der Waals surface area contributed by atoms with Gasteiger partial charge < -0.3 is 58.4 Å². The molecule has 6 aromatic rings. The van der Waals surface area contributed by atoms with E-state index in [4.69, 9.17) is 67.5 Å². The number of aromatic nitrogens is 6. The van der Waals surface area contributed by atoms with E-state index in [-0.39, 0.29) is 59.6 Å². The molecule has 4 fully saturated rings. The van der Waals surface area contributed by atoms with Crippen LogP contribution in [-0.2, 0) is 84.8 Å². The second-order valence-electron chi connectivity index (χ2n) is 22.6. The van der Waals surface area contributed by atoms with Gasteiger partial charge in [0.05, 0.1) is 24.6 Å². The topological polar surface area (TPSA) is 431 Å². The number of nitrogen functional groups attached to an aromatic ring is 2. The third-order valence-corrected chi connectivity index (χ3v) is 18.8. The molecule has 2 saturated heterocycles. The molecule has 12 atom stereocenters. The fraction of sp³-hybridized carbons (Fsp3) is 0.467. The highest BCUT2D eigenvalue weighted by Gasteiger charge is 2.64. The van der Waals surface area contributed by atoms with Crippen LogP contribution in [0, 0.1) is 34.5 Å². The van der Waals surface area contributed by atoms with Gasteiger partial charge in [0.15, 0.2) is 36.1 Å². The summed E-state index contributed by atoms with van der Waals surface area (Å²) in [5.74, 6) is -3.45. The molecule has 0 amide bonds. The van der Waals surface area contributed by atoms with E-state index in [2.05, 4.69) is 30.3 Å². The minimum absolute atomic E-state index is 0.126. The fourth-order valence-corrected chi connectivity index (χ4v) is 13.6. The number of benzene rings is 2. The largest absolute Gasteiger partial charge is 0.464 e. The van der Waals surface area contributed by atoms with E-state index in [1.807, 2.05) is 12.1 Å². The summed E-state index contributed by atoms with van der Waals surface area (Å²) < 4.78 is 99.9. The zero-order valence-corrected chi connectivity index (χ0v) is 53.7. The number of rotatable bonds is 26. The summed E-state index contributed by atoms with van der Waals surface area (Å²) in [6.45, 7) is 6.13. The molecule has 4 aliphatic rings. The normalized spacial score (nSPS) is 24.3. The zero-order chi connectivity index (χ0) is 67.5. The van der Waals surface area contributed by atoms with Crippen molar-refractivity contribution < 1.29 is 93.9 Å². The maximum atomic E-state index is 14.3. The molecule has 0 spiro atoms. The Bertz CT molecular complexity index is 3670. The summed E-state index contributed by atoms with van der Waals surface area (Å²) in [5, 5.41) is 34.7. The number of esters is 6. The smallest absolute Gasteiger partial charge is 0.459 e. The third-order valence-electron chi connectivity index (χ3n) is 15.6. The predicted octanol–water partition coefficient (Wildman–Crippen LogP) is 6.07. The van der Waals surface area contributed by atoms with Crippen molar-refractivity contribution in [2.75, 3.05) is 37.9 Å². The lowest BCUT2D eigenvalue weighted by molar-refractivity contribution is -0.166. The molecule has 4 aromatic heterocycles. The summed E-state index contributed by atoms with van der Waals surface area (Å²) >= 11 is 0. The number of nitrogens with zero attached hydrogens (tertiary/aromatic N) is 8. The Balaban J connectivity index is 0.000000221. The number of anilines is 2. The number of fused-ring (bicyclic) bond motifs is 2. The van der Waals surface area contributed by atoms with Crippen LogP contribution in [0.4, 0.5) is 11.6 Å². The van der Waals surface area contributed by atoms with Crippen molar-refractivity contribution >= 4 is 74.0 Å². The SMILES string of the molecule is CC(=O)O[C@H]1[C@H](c2ccc3c(N)ncnn23)O[C@](C#N)(CO[P@@](=O)(N[C@@H](C)C(=O)OCC2CCC2)Oc2ccccc2)[C@H]1OC(C)=O.CC(=O)O[C@H]1[C@H](c2ccc3c(N)ncnn23)O[C@](C#N)(CO[P@](=O)(N[C@@H](C)C(=O)OCC2CCC2)Oc2ccccc2)[C@H]1OC(C)=O. The Morgan fingerprint density at radius 2 is 0.947 bits per heavy atom. The number of hydrogen-bond acceptors (Lipinski definition) is 28. The molecule has 10 rings (SSSR count). The molecule has 94 heavy (non-hydrogen) atoms. The first-order valence-electron chi connectivity index (χ1n) is 29.8. The van der Waals surface area contributed by atoms with Crippen LogP contribution >= 0.6 is 15.5 Å². The van der Waals surface area contributed by atoms with Gasteiger partial charge in [-0.2, -0.15) is 30.9 Å². The Labute approximate surface area is 538 Å². The van der Waals surface area contributed by atoms with Crippen molar-refractivity contribution in [2.24, 2.45) is 11.8 Å². The van der Waals surface area contributed by atoms with Crippen LogP contribution in [-0.4, -0.2) is 139 Å². The molecule has 2 aliphatic carbocycles. The van der Waals surface area contributed by atoms with Gasteiger partial charge in [0.1, 0.15) is 84.8 Å². The van der Waals surface area contributed by atoms with Crippen molar-refractivity contribution in [1.29, 1.82) is 10.5 Å². The second kappa shape index (κ2) is 29.9. The first-order valence-corrected chi connectivity index (χ1v) is 32.9. The minimum Gasteiger partial charge on any atom is -0.464 e. The second-order valence-corrected chi connectivity index (χ2v) is 26.0. The molecule has 2 saturated carbocycles. The fourth-order valence-electron chi connectivity index (χ4n) is 10.5. The van der Waals surface area contributed by atoms with Gasteiger partial charge in [-0.1, -0.05) is 49.2 Å². The first kappa shape index (κ1) is 69.2. The van der Waals surface area contributed by atoms with E-state index in [1.165, 1.54) is 59.8 Å². The van der Waals surface area contributed by atoms with Gasteiger partial charge in [-0.15, -0.1) is 0 Å². The van der Waals surface area contributed by atoms with E-state index in [1.54, 1.807) is 60.7 Å². The van der Waals surface area contributed by atoms with Crippen LogP contribution in [0.3, 0.4) is 0 Å². The highest BCUT2D eigenvalue weighted by molar-refractivity contribution is 7.52. The molecule has 500 valence electrons. The highest BCUT2D eigenvalue weighted by atomic mass is 31.2. The number of carbonyl (C=O) groups is 6. The molecule has 2 aromatic carbocycles. The molecule has 0 unspecified atom stereocenters. The average molecular weight is 1340 g/mol. The molecular formula is C60H70N12O20P2. The van der Waals surface area contributed by atoms with E-state index in [0.717, 1.165) is 66.2 Å². The van der Waals surface area contributed by atoms with Gasteiger partial charge >= 0.3 is 51.3 Å². The van der Waals surface area contributed by atoms with Crippen molar-refractivity contribution in [2.45, 2.75) is 140 Å². The molecule has 34 heteroatoms. The van der Waals surface area contributed by atoms with Gasteiger partial charge in [0.2, 0.25) is 11.2 Å². The Hall–Kier alpha value is -9.10. The summed E-state index contributed by atoms with van der Waals surface area (Å²) in [5.41, 5.74) is 8.90. The Kier molecular flexibility index (Phi) is 22.0. The average Bonchev–Trinajstić information content (AvgIpc) is 1.59. The van der Waals surface area contributed by atoms with Gasteiger partial charge in [-0.05, 0) is 99.9 Å². The molecule has 6 N–H and O–H groups in total. The maximum absolute atomic E-state index is 14.3. The monoisotopic (exact) mass is 1340 g/mol. The van der Waals surface area contributed by atoms with Gasteiger partial charge in [0, 0.05) is 27.7 Å².